The molecule has 0 aliphatic rings. The Labute approximate surface area is 171 Å². The number of halogens is 4. The Kier molecular flexibility index (Phi) is 4.49. The Hall–Kier alpha value is -3.47. The van der Waals surface area contributed by atoms with Crippen LogP contribution in [0, 0.1) is 0 Å². The fourth-order valence-corrected chi connectivity index (χ4v) is 3.28. The summed E-state index contributed by atoms with van der Waals surface area (Å²) in [6.45, 7) is 0. The monoisotopic (exact) mass is 436 g/mol. The zero-order valence-electron chi connectivity index (χ0n) is 15.5. The molecule has 0 fully saturated rings. The summed E-state index contributed by atoms with van der Waals surface area (Å²) >= 11 is 5.88. The number of pyridine rings is 2. The van der Waals surface area contributed by atoms with Gasteiger partial charge in [0.25, 0.3) is 5.56 Å². The lowest BCUT2D eigenvalue weighted by Crippen LogP contribution is -2.26. The van der Waals surface area contributed by atoms with E-state index in [2.05, 4.69) is 15.1 Å². The molecule has 4 aromatic rings. The first-order valence-electron chi connectivity index (χ1n) is 8.42. The van der Waals surface area contributed by atoms with Gasteiger partial charge in [0.2, 0.25) is 0 Å². The summed E-state index contributed by atoms with van der Waals surface area (Å²) in [6, 6.07) is 3.79. The van der Waals surface area contributed by atoms with Crippen molar-refractivity contribution in [2.24, 2.45) is 14.1 Å². The van der Waals surface area contributed by atoms with Gasteiger partial charge in [0.1, 0.15) is 16.9 Å². The van der Waals surface area contributed by atoms with Crippen molar-refractivity contribution in [3.05, 3.63) is 57.2 Å². The van der Waals surface area contributed by atoms with Crippen LogP contribution in [0.1, 0.15) is 16.1 Å². The van der Waals surface area contributed by atoms with E-state index in [0.29, 0.717) is 21.7 Å². The fourth-order valence-electron chi connectivity index (χ4n) is 3.14. The minimum absolute atomic E-state index is 0.0494. The summed E-state index contributed by atoms with van der Waals surface area (Å²) in [5.74, 6) is 0.363. The van der Waals surface area contributed by atoms with Gasteiger partial charge in [-0.2, -0.15) is 18.3 Å². The Bertz CT molecular complexity index is 1370. The number of carbonyl (C=O) groups is 1. The quantitative estimate of drug-likeness (QED) is 0.461. The van der Waals surface area contributed by atoms with Crippen molar-refractivity contribution in [2.45, 2.75) is 6.18 Å². The van der Waals surface area contributed by atoms with Crippen LogP contribution in [0.4, 0.5) is 13.2 Å². The van der Waals surface area contributed by atoms with Crippen LogP contribution in [0.15, 0.2) is 35.4 Å². The van der Waals surface area contributed by atoms with Gasteiger partial charge in [-0.1, -0.05) is 11.6 Å². The molecule has 4 aromatic heterocycles. The van der Waals surface area contributed by atoms with E-state index >= 15 is 0 Å². The second-order valence-corrected chi connectivity index (χ2v) is 6.88. The lowest BCUT2D eigenvalue weighted by atomic mass is 10.2. The zero-order chi connectivity index (χ0) is 21.8. The van der Waals surface area contributed by atoms with Crippen molar-refractivity contribution in [3.8, 4) is 17.3 Å². The third-order valence-corrected chi connectivity index (χ3v) is 4.79. The predicted octanol–water partition coefficient (Wildman–Crippen LogP) is 3.00. The summed E-state index contributed by atoms with van der Waals surface area (Å²) < 4.78 is 43.0. The molecule has 12 heteroatoms. The van der Waals surface area contributed by atoms with Gasteiger partial charge in [-0.3, -0.25) is 9.59 Å². The molecular formula is C18H12ClF3N6O2. The van der Waals surface area contributed by atoms with Crippen LogP contribution in [0.5, 0.6) is 0 Å². The van der Waals surface area contributed by atoms with E-state index in [9.17, 15) is 22.8 Å². The molecular weight excluding hydrogens is 425 g/mol. The maximum atomic E-state index is 13.3. The van der Waals surface area contributed by atoms with Crippen LogP contribution in [0.25, 0.3) is 28.4 Å². The molecule has 0 saturated carbocycles. The van der Waals surface area contributed by atoms with Gasteiger partial charge >= 0.3 is 6.18 Å². The molecule has 0 amide bonds. The highest BCUT2D eigenvalue weighted by molar-refractivity contribution is 6.30. The van der Waals surface area contributed by atoms with Crippen molar-refractivity contribution < 1.29 is 18.0 Å². The number of hydrogen-bond acceptors (Lipinski definition) is 5. The molecule has 0 aliphatic carbocycles. The van der Waals surface area contributed by atoms with Crippen molar-refractivity contribution >= 4 is 28.9 Å². The number of hydrogen-bond donors (Lipinski definition) is 0. The molecule has 0 aliphatic heterocycles. The number of imidazole rings is 1. The molecule has 8 nitrogen and oxygen atoms in total. The number of rotatable bonds is 3. The van der Waals surface area contributed by atoms with Crippen molar-refractivity contribution in [2.75, 3.05) is 0 Å². The Morgan fingerprint density at radius 3 is 2.47 bits per heavy atom. The topological polar surface area (TPSA) is 87.6 Å². The minimum Gasteiger partial charge on any atom is -0.321 e. The molecule has 30 heavy (non-hydrogen) atoms. The predicted molar refractivity (Wildman–Crippen MR) is 102 cm³/mol. The maximum Gasteiger partial charge on any atom is 0.431 e. The summed E-state index contributed by atoms with van der Waals surface area (Å²) in [6.07, 6.45) is -1.30. The largest absolute Gasteiger partial charge is 0.431 e. The third kappa shape index (κ3) is 3.07. The molecule has 0 bridgehead atoms. The molecule has 0 spiro atoms. The van der Waals surface area contributed by atoms with Crippen LogP contribution in [0.2, 0.25) is 5.02 Å². The minimum atomic E-state index is -4.73. The van der Waals surface area contributed by atoms with Crippen molar-refractivity contribution in [3.63, 3.8) is 0 Å². The van der Waals surface area contributed by atoms with Crippen LogP contribution in [-0.4, -0.2) is 35.2 Å². The number of nitrogens with zero attached hydrogens (tertiary/aromatic N) is 6. The average Bonchev–Trinajstić information content (AvgIpc) is 3.26. The second kappa shape index (κ2) is 6.80. The number of aryl methyl sites for hydroxylation is 1. The summed E-state index contributed by atoms with van der Waals surface area (Å²) in [5.41, 5.74) is -1.98. The Balaban J connectivity index is 2.00. The zero-order valence-corrected chi connectivity index (χ0v) is 16.2. The van der Waals surface area contributed by atoms with Gasteiger partial charge in [0.05, 0.1) is 22.9 Å². The number of alkyl halides is 3. The summed E-state index contributed by atoms with van der Waals surface area (Å²) in [5, 5.41) is 4.40. The normalized spacial score (nSPS) is 11.9. The fraction of sp³-hybridized carbons (Fsp3) is 0.167. The number of aromatic nitrogens is 6. The smallest absolute Gasteiger partial charge is 0.321 e. The van der Waals surface area contributed by atoms with Gasteiger partial charge in [0, 0.05) is 19.7 Å². The van der Waals surface area contributed by atoms with E-state index in [0.717, 1.165) is 13.1 Å². The molecule has 0 unspecified atom stereocenters. The van der Waals surface area contributed by atoms with E-state index in [1.807, 2.05) is 0 Å². The number of carbonyl (C=O) groups excluding carboxylic acids is 1. The molecule has 0 saturated heterocycles. The first-order valence-corrected chi connectivity index (χ1v) is 8.80. The number of aldehydes is 1. The summed E-state index contributed by atoms with van der Waals surface area (Å²) in [4.78, 5) is 32.7. The van der Waals surface area contributed by atoms with E-state index in [4.69, 9.17) is 11.6 Å². The van der Waals surface area contributed by atoms with Crippen molar-refractivity contribution in [1.29, 1.82) is 0 Å². The molecule has 154 valence electrons. The standard InChI is InChI=1S/C18H12ClF3N6O2/c1-26-12(18(20,21)22)5-11-15(17(26)30)27(2)16(24-11)14-9(8-29)3-4-13(25-14)28-7-10(19)6-23-28/h3-8H,1-2H3. The SMILES string of the molecule is Cn1c(C(F)(F)F)cc2nc(-c3nc(-n4cc(Cl)cn4)ccc3C=O)n(C)c2c1=O. The Morgan fingerprint density at radius 1 is 1.13 bits per heavy atom. The first kappa shape index (κ1) is 19.8. The summed E-state index contributed by atoms with van der Waals surface area (Å²) in [7, 11) is 2.50. The van der Waals surface area contributed by atoms with E-state index in [1.54, 1.807) is 0 Å². The van der Waals surface area contributed by atoms with Gasteiger partial charge in [-0.15, -0.1) is 0 Å². The van der Waals surface area contributed by atoms with Crippen molar-refractivity contribution in [1.82, 2.24) is 28.9 Å². The molecule has 4 rings (SSSR count). The van der Waals surface area contributed by atoms with E-state index in [-0.39, 0.29) is 28.1 Å². The van der Waals surface area contributed by atoms with Crippen LogP contribution in [0.3, 0.4) is 0 Å². The maximum absolute atomic E-state index is 13.3. The second-order valence-electron chi connectivity index (χ2n) is 6.45. The van der Waals surface area contributed by atoms with Crippen LogP contribution in [-0.2, 0) is 20.3 Å². The van der Waals surface area contributed by atoms with E-state index in [1.165, 1.54) is 40.8 Å². The molecule has 0 N–H and O–H groups in total. The average molecular weight is 437 g/mol. The van der Waals surface area contributed by atoms with Gasteiger partial charge in [-0.25, -0.2) is 14.6 Å². The third-order valence-electron chi connectivity index (χ3n) is 4.59. The lowest BCUT2D eigenvalue weighted by molar-refractivity contribution is -0.143. The molecule has 0 aromatic carbocycles. The highest BCUT2D eigenvalue weighted by atomic mass is 35.5. The lowest BCUT2D eigenvalue weighted by Gasteiger charge is -2.11. The Morgan fingerprint density at radius 2 is 1.87 bits per heavy atom. The van der Waals surface area contributed by atoms with Gasteiger partial charge < -0.3 is 9.13 Å². The highest BCUT2D eigenvalue weighted by Crippen LogP contribution is 2.31. The molecule has 0 atom stereocenters. The van der Waals surface area contributed by atoms with E-state index < -0.39 is 17.4 Å². The number of fused-ring (bicyclic) bond motifs is 1. The molecule has 4 heterocycles. The molecule has 0 radical (unpaired) electrons. The van der Waals surface area contributed by atoms with Crippen LogP contribution < -0.4 is 5.56 Å². The van der Waals surface area contributed by atoms with Crippen LogP contribution >= 0.6 is 11.6 Å². The van der Waals surface area contributed by atoms with Gasteiger partial charge in [-0.05, 0) is 18.2 Å². The van der Waals surface area contributed by atoms with Gasteiger partial charge in [0.15, 0.2) is 17.9 Å². The first-order chi connectivity index (χ1) is 14.1. The highest BCUT2D eigenvalue weighted by Gasteiger charge is 2.35.